The lowest BCUT2D eigenvalue weighted by molar-refractivity contribution is -0.176. The molecule has 1 atom stereocenters. The van der Waals surface area contributed by atoms with Crippen LogP contribution in [0, 0.1) is 18.7 Å². The number of nitrogens with zero attached hydrogens (tertiary/aromatic N) is 1. The molecule has 1 aromatic rings. The summed E-state index contributed by atoms with van der Waals surface area (Å²) in [5, 5.41) is 7.88. The summed E-state index contributed by atoms with van der Waals surface area (Å²) in [6.07, 6.45) is 9.61. The van der Waals surface area contributed by atoms with Gasteiger partial charge in [0.1, 0.15) is 6.04 Å². The predicted molar refractivity (Wildman–Crippen MR) is 156 cm³/mol. The number of hydrogen-bond acceptors (Lipinski definition) is 6. The van der Waals surface area contributed by atoms with Crippen LogP contribution in [0.4, 0.5) is 4.39 Å². The van der Waals surface area contributed by atoms with Gasteiger partial charge in [0.25, 0.3) is 0 Å². The van der Waals surface area contributed by atoms with Gasteiger partial charge in [0.15, 0.2) is 11.6 Å². The van der Waals surface area contributed by atoms with Crippen molar-refractivity contribution in [3.8, 4) is 5.75 Å². The van der Waals surface area contributed by atoms with Crippen LogP contribution in [0.3, 0.4) is 0 Å². The van der Waals surface area contributed by atoms with Gasteiger partial charge in [-0.2, -0.15) is 5.06 Å². The molecule has 0 radical (unpaired) electrons. The van der Waals surface area contributed by atoms with Gasteiger partial charge in [0.05, 0.1) is 13.7 Å². The number of halogens is 1. The summed E-state index contributed by atoms with van der Waals surface area (Å²) in [4.78, 5) is 17.4. The minimum Gasteiger partial charge on any atom is -0.490 e. The minimum absolute atomic E-state index is 0. The smallest absolute Gasteiger partial charge is 0.243 e. The van der Waals surface area contributed by atoms with E-state index in [9.17, 15) is 9.18 Å². The van der Waals surface area contributed by atoms with Crippen LogP contribution < -0.4 is 21.1 Å². The number of aryl methyl sites for hydroxylation is 1. The Morgan fingerprint density at radius 1 is 1.29 bits per heavy atom. The Kier molecular flexibility index (Phi) is 19.0. The van der Waals surface area contributed by atoms with Crippen LogP contribution in [-0.2, 0) is 9.63 Å². The number of amides is 1. The van der Waals surface area contributed by atoms with E-state index in [0.29, 0.717) is 18.3 Å². The number of nitrogens with one attached hydrogen (secondary N) is 2. The molecule has 1 aliphatic heterocycles. The highest BCUT2D eigenvalue weighted by atomic mass is 19.1. The molecule has 1 aliphatic carbocycles. The van der Waals surface area contributed by atoms with Crippen molar-refractivity contribution in [3.05, 3.63) is 53.8 Å². The molecule has 2 aliphatic rings. The highest BCUT2D eigenvalue weighted by Gasteiger charge is 2.29. The number of nitrogens with two attached hydrogens (primary N) is 1. The molecule has 1 aromatic carbocycles. The fraction of sp³-hybridized carbons (Fsp3) is 0.633. The van der Waals surface area contributed by atoms with Crippen LogP contribution in [-0.4, -0.2) is 43.8 Å². The maximum atomic E-state index is 13.1. The normalized spacial score (nSPS) is 16.8. The number of unbranched alkanes of at least 4 members (excludes halogenated alkanes) is 1. The van der Waals surface area contributed by atoms with Crippen LogP contribution in [0.5, 0.6) is 5.75 Å². The highest BCUT2D eigenvalue weighted by Crippen LogP contribution is 2.30. The van der Waals surface area contributed by atoms with Gasteiger partial charge in [-0.1, -0.05) is 40.8 Å². The predicted octanol–water partition coefficient (Wildman–Crippen LogP) is 6.20. The van der Waals surface area contributed by atoms with Gasteiger partial charge < -0.3 is 25.9 Å². The lowest BCUT2D eigenvalue weighted by Crippen LogP contribution is -2.49. The standard InChI is InChI=1S/C16H30N4O2.C11H13FO.C2H6.CH4/c1-4-10-18-14(12-17)7-5-6-11-20(22-3)15-9-8-13(2)19-16(15)21;1-8-2-5-10(12)11(6-8)13-7-9-3-4-9;1-2;/h12,15,18H,2,4-11,17H2,1,3H3,(H,19,21);2,5-6,9H,3-4,7H2,1H3;1-2H3;1H4/b14-12-;;;. The number of carbonyl (C=O) groups excluding carboxylic acids is 1. The molecule has 1 saturated heterocycles. The Balaban J connectivity index is 0.000000726. The summed E-state index contributed by atoms with van der Waals surface area (Å²) in [5.41, 5.74) is 8.51. The monoisotopic (exact) mass is 536 g/mol. The third-order valence-electron chi connectivity index (χ3n) is 6.04. The van der Waals surface area contributed by atoms with Crippen LogP contribution in [0.1, 0.15) is 85.1 Å². The quantitative estimate of drug-likeness (QED) is 0.206. The largest absolute Gasteiger partial charge is 0.490 e. The fourth-order valence-corrected chi connectivity index (χ4v) is 3.72. The number of ether oxygens (including phenoxy) is 1. The molecule has 3 rings (SSSR count). The first-order valence-electron chi connectivity index (χ1n) is 13.7. The van der Waals surface area contributed by atoms with E-state index in [4.69, 9.17) is 15.3 Å². The molecule has 4 N–H and O–H groups in total. The summed E-state index contributed by atoms with van der Waals surface area (Å²) in [6.45, 7) is 14.2. The van der Waals surface area contributed by atoms with Crippen LogP contribution in [0.25, 0.3) is 0 Å². The average molecular weight is 537 g/mol. The molecule has 0 bridgehead atoms. The van der Waals surface area contributed by atoms with Gasteiger partial charge in [-0.3, -0.25) is 4.79 Å². The number of piperidine rings is 1. The van der Waals surface area contributed by atoms with E-state index >= 15 is 0 Å². The van der Waals surface area contributed by atoms with E-state index in [1.807, 2.05) is 20.8 Å². The number of hydrogen-bond donors (Lipinski definition) is 3. The van der Waals surface area contributed by atoms with Gasteiger partial charge in [0.2, 0.25) is 5.91 Å². The molecule has 7 nitrogen and oxygen atoms in total. The van der Waals surface area contributed by atoms with Crippen LogP contribution >= 0.6 is 0 Å². The van der Waals surface area contributed by atoms with E-state index in [1.165, 1.54) is 18.9 Å². The first-order valence-corrected chi connectivity index (χ1v) is 13.7. The Morgan fingerprint density at radius 3 is 2.58 bits per heavy atom. The van der Waals surface area contributed by atoms with E-state index in [0.717, 1.165) is 68.6 Å². The Labute approximate surface area is 231 Å². The van der Waals surface area contributed by atoms with Crippen molar-refractivity contribution in [3.63, 3.8) is 0 Å². The van der Waals surface area contributed by atoms with E-state index in [2.05, 4.69) is 24.1 Å². The Morgan fingerprint density at radius 2 is 2.00 bits per heavy atom. The second-order valence-electron chi connectivity index (χ2n) is 9.23. The molecular weight excluding hydrogens is 483 g/mol. The van der Waals surface area contributed by atoms with Gasteiger partial charge in [-0.15, -0.1) is 0 Å². The first kappa shape index (κ1) is 35.4. The van der Waals surface area contributed by atoms with Crippen molar-refractivity contribution in [1.29, 1.82) is 0 Å². The molecule has 1 heterocycles. The molecule has 2 fully saturated rings. The number of carbonyl (C=O) groups is 1. The van der Waals surface area contributed by atoms with Crippen molar-refractivity contribution >= 4 is 5.91 Å². The Bertz CT molecular complexity index is 843. The second-order valence-corrected chi connectivity index (χ2v) is 9.23. The Hall–Kier alpha value is -2.58. The molecule has 0 spiro atoms. The van der Waals surface area contributed by atoms with Crippen LogP contribution in [0.15, 0.2) is 42.4 Å². The molecule has 1 saturated carbocycles. The SMILES string of the molecule is C.C=C1CCC(N(CCCC/C(=C/N)NCCC)OC)C(=O)N1.CC.Cc1ccc(F)c(OCC2CC2)c1. The maximum absolute atomic E-state index is 13.1. The first-order chi connectivity index (χ1) is 17.9. The molecule has 1 amide bonds. The third kappa shape index (κ3) is 13.8. The van der Waals surface area contributed by atoms with Gasteiger partial charge >= 0.3 is 0 Å². The molecule has 38 heavy (non-hydrogen) atoms. The van der Waals surface area contributed by atoms with Crippen molar-refractivity contribution in [2.24, 2.45) is 11.7 Å². The third-order valence-corrected chi connectivity index (χ3v) is 6.04. The minimum atomic E-state index is -0.258. The van der Waals surface area contributed by atoms with Gasteiger partial charge in [-0.05, 0) is 81.9 Å². The molecule has 218 valence electrons. The number of rotatable bonds is 13. The molecule has 1 unspecified atom stereocenters. The van der Waals surface area contributed by atoms with E-state index in [1.54, 1.807) is 30.5 Å². The second kappa shape index (κ2) is 20.4. The number of hydroxylamine groups is 2. The van der Waals surface area contributed by atoms with E-state index < -0.39 is 0 Å². The summed E-state index contributed by atoms with van der Waals surface area (Å²) in [7, 11) is 1.62. The lowest BCUT2D eigenvalue weighted by atomic mass is 10.0. The van der Waals surface area contributed by atoms with Crippen molar-refractivity contribution in [2.75, 3.05) is 26.8 Å². The summed E-state index contributed by atoms with van der Waals surface area (Å²) in [5.74, 6) is 0.781. The maximum Gasteiger partial charge on any atom is 0.243 e. The summed E-state index contributed by atoms with van der Waals surface area (Å²) in [6, 6.07) is 4.73. The summed E-state index contributed by atoms with van der Waals surface area (Å²) >= 11 is 0. The zero-order valence-electron chi connectivity index (χ0n) is 23.6. The zero-order chi connectivity index (χ0) is 27.6. The van der Waals surface area contributed by atoms with Gasteiger partial charge in [-0.25, -0.2) is 4.39 Å². The molecule has 0 aromatic heterocycles. The topological polar surface area (TPSA) is 88.9 Å². The van der Waals surface area contributed by atoms with Crippen LogP contribution in [0.2, 0.25) is 0 Å². The lowest BCUT2D eigenvalue weighted by Gasteiger charge is -2.32. The average Bonchev–Trinajstić information content (AvgIpc) is 3.73. The van der Waals surface area contributed by atoms with Crippen molar-refractivity contribution in [2.45, 2.75) is 92.5 Å². The number of benzene rings is 1. The van der Waals surface area contributed by atoms with Gasteiger partial charge in [0, 0.05) is 30.7 Å². The zero-order valence-corrected chi connectivity index (χ0v) is 23.6. The molecular formula is C30H53FN4O3. The van der Waals surface area contributed by atoms with E-state index in [-0.39, 0.29) is 25.2 Å². The van der Waals surface area contributed by atoms with Crippen molar-refractivity contribution < 1.29 is 18.8 Å². The van der Waals surface area contributed by atoms with Crippen molar-refractivity contribution in [1.82, 2.24) is 15.7 Å². The number of allylic oxidation sites excluding steroid dienone is 2. The highest BCUT2D eigenvalue weighted by molar-refractivity contribution is 5.84. The summed E-state index contributed by atoms with van der Waals surface area (Å²) < 4.78 is 18.5. The fourth-order valence-electron chi connectivity index (χ4n) is 3.72. The molecule has 8 heteroatoms.